The van der Waals surface area contributed by atoms with Crippen LogP contribution in [-0.2, 0) is 4.79 Å². The van der Waals surface area contributed by atoms with Gasteiger partial charge in [0.2, 0.25) is 5.91 Å². The van der Waals surface area contributed by atoms with Gasteiger partial charge in [0.15, 0.2) is 0 Å². The van der Waals surface area contributed by atoms with Gasteiger partial charge in [-0.25, -0.2) is 0 Å². The zero-order chi connectivity index (χ0) is 15.5. The molecule has 0 aliphatic carbocycles. The number of para-hydroxylation sites is 2. The number of hydrogen-bond donors (Lipinski definition) is 1. The Morgan fingerprint density at radius 2 is 1.59 bits per heavy atom. The molecular formula is C18H20N2OS. The summed E-state index contributed by atoms with van der Waals surface area (Å²) in [5.74, 6) is 0.100. The van der Waals surface area contributed by atoms with Crippen molar-refractivity contribution in [3.63, 3.8) is 0 Å². The molecule has 1 aliphatic rings. The van der Waals surface area contributed by atoms with Crippen LogP contribution in [0.5, 0.6) is 0 Å². The van der Waals surface area contributed by atoms with Crippen molar-refractivity contribution in [2.75, 3.05) is 11.4 Å². The van der Waals surface area contributed by atoms with Crippen molar-refractivity contribution in [1.82, 2.24) is 5.32 Å². The summed E-state index contributed by atoms with van der Waals surface area (Å²) in [7, 11) is 0. The van der Waals surface area contributed by atoms with Gasteiger partial charge >= 0.3 is 0 Å². The van der Waals surface area contributed by atoms with E-state index in [0.29, 0.717) is 13.0 Å². The summed E-state index contributed by atoms with van der Waals surface area (Å²) < 4.78 is 0. The molecule has 0 atom stereocenters. The molecule has 1 heterocycles. The highest BCUT2D eigenvalue weighted by Crippen LogP contribution is 2.47. The minimum absolute atomic E-state index is 0.100. The van der Waals surface area contributed by atoms with Crippen LogP contribution in [0, 0.1) is 0 Å². The van der Waals surface area contributed by atoms with Gasteiger partial charge in [-0.2, -0.15) is 0 Å². The van der Waals surface area contributed by atoms with E-state index in [1.54, 1.807) is 11.8 Å². The van der Waals surface area contributed by atoms with Crippen LogP contribution in [0.2, 0.25) is 0 Å². The van der Waals surface area contributed by atoms with Crippen LogP contribution >= 0.6 is 11.8 Å². The van der Waals surface area contributed by atoms with Crippen molar-refractivity contribution in [1.29, 1.82) is 0 Å². The van der Waals surface area contributed by atoms with Gasteiger partial charge in [-0.05, 0) is 38.1 Å². The van der Waals surface area contributed by atoms with Gasteiger partial charge in [0.1, 0.15) is 0 Å². The Balaban J connectivity index is 1.85. The highest BCUT2D eigenvalue weighted by Gasteiger charge is 2.23. The van der Waals surface area contributed by atoms with Gasteiger partial charge in [0.05, 0.1) is 11.4 Å². The number of carbonyl (C=O) groups is 1. The Morgan fingerprint density at radius 1 is 1.05 bits per heavy atom. The molecule has 3 nitrogen and oxygen atoms in total. The smallest absolute Gasteiger partial charge is 0.221 e. The van der Waals surface area contributed by atoms with E-state index in [-0.39, 0.29) is 11.9 Å². The number of hydrogen-bond acceptors (Lipinski definition) is 3. The summed E-state index contributed by atoms with van der Waals surface area (Å²) in [5, 5.41) is 2.96. The molecule has 0 saturated heterocycles. The standard InChI is InChI=1S/C18H20N2OS/c1-13(2)19-18(21)11-12-20-14-7-3-5-9-16(14)22-17-10-6-4-8-15(17)20/h3-10,13H,11-12H2,1-2H3,(H,19,21). The summed E-state index contributed by atoms with van der Waals surface area (Å²) in [6.07, 6.45) is 0.492. The lowest BCUT2D eigenvalue weighted by Crippen LogP contribution is -2.33. The van der Waals surface area contributed by atoms with Gasteiger partial charge < -0.3 is 10.2 Å². The van der Waals surface area contributed by atoms with Gasteiger partial charge in [-0.15, -0.1) is 0 Å². The van der Waals surface area contributed by atoms with Gasteiger partial charge in [0.25, 0.3) is 0 Å². The molecule has 4 heteroatoms. The Bertz CT molecular complexity index is 639. The Kier molecular flexibility index (Phi) is 4.39. The van der Waals surface area contributed by atoms with E-state index >= 15 is 0 Å². The van der Waals surface area contributed by atoms with Crippen molar-refractivity contribution in [2.45, 2.75) is 36.1 Å². The van der Waals surface area contributed by atoms with Crippen LogP contribution in [0.15, 0.2) is 58.3 Å². The number of amides is 1. The maximum absolute atomic E-state index is 12.0. The average molecular weight is 312 g/mol. The number of carbonyl (C=O) groups excluding carboxylic acids is 1. The van der Waals surface area contributed by atoms with Crippen LogP contribution in [0.4, 0.5) is 11.4 Å². The maximum Gasteiger partial charge on any atom is 0.221 e. The molecule has 1 aliphatic heterocycles. The van der Waals surface area contributed by atoms with E-state index in [1.165, 1.54) is 21.2 Å². The molecule has 0 fully saturated rings. The molecule has 3 rings (SSSR count). The minimum atomic E-state index is 0.100. The second kappa shape index (κ2) is 6.44. The largest absolute Gasteiger partial charge is 0.354 e. The lowest BCUT2D eigenvalue weighted by molar-refractivity contribution is -0.121. The third kappa shape index (κ3) is 3.12. The predicted molar refractivity (Wildman–Crippen MR) is 91.9 cm³/mol. The molecule has 1 amide bonds. The molecule has 2 aromatic rings. The van der Waals surface area contributed by atoms with Crippen LogP contribution in [-0.4, -0.2) is 18.5 Å². The molecule has 0 unspecified atom stereocenters. The highest BCUT2D eigenvalue weighted by molar-refractivity contribution is 7.99. The molecule has 114 valence electrons. The van der Waals surface area contributed by atoms with Crippen LogP contribution in [0.1, 0.15) is 20.3 Å². The Hall–Kier alpha value is -1.94. The number of benzene rings is 2. The molecule has 0 radical (unpaired) electrons. The summed E-state index contributed by atoms with van der Waals surface area (Å²) in [6, 6.07) is 16.9. The van der Waals surface area contributed by atoms with E-state index in [0.717, 1.165) is 0 Å². The number of rotatable bonds is 4. The third-order valence-corrected chi connectivity index (χ3v) is 4.67. The normalized spacial score (nSPS) is 12.8. The first-order valence-electron chi connectivity index (χ1n) is 7.58. The van der Waals surface area contributed by atoms with E-state index in [4.69, 9.17) is 0 Å². The average Bonchev–Trinajstić information content (AvgIpc) is 2.50. The fraction of sp³-hybridized carbons (Fsp3) is 0.278. The monoisotopic (exact) mass is 312 g/mol. The predicted octanol–water partition coefficient (Wildman–Crippen LogP) is 4.20. The van der Waals surface area contributed by atoms with Crippen molar-refractivity contribution >= 4 is 29.0 Å². The molecule has 22 heavy (non-hydrogen) atoms. The number of anilines is 2. The van der Waals surface area contributed by atoms with E-state index in [2.05, 4.69) is 58.7 Å². The van der Waals surface area contributed by atoms with Gasteiger partial charge in [-0.1, -0.05) is 36.0 Å². The number of nitrogens with zero attached hydrogens (tertiary/aromatic N) is 1. The topological polar surface area (TPSA) is 32.3 Å². The van der Waals surface area contributed by atoms with Gasteiger partial charge in [0, 0.05) is 28.8 Å². The lowest BCUT2D eigenvalue weighted by atomic mass is 10.2. The molecule has 0 aromatic heterocycles. The molecule has 1 N–H and O–H groups in total. The third-order valence-electron chi connectivity index (χ3n) is 3.54. The molecular weight excluding hydrogens is 292 g/mol. The molecule has 0 saturated carbocycles. The van der Waals surface area contributed by atoms with E-state index < -0.39 is 0 Å². The van der Waals surface area contributed by atoms with Crippen LogP contribution in [0.3, 0.4) is 0 Å². The van der Waals surface area contributed by atoms with Crippen molar-refractivity contribution in [2.24, 2.45) is 0 Å². The van der Waals surface area contributed by atoms with E-state index in [1.807, 2.05) is 13.8 Å². The quantitative estimate of drug-likeness (QED) is 0.918. The van der Waals surface area contributed by atoms with Crippen LogP contribution in [0.25, 0.3) is 0 Å². The zero-order valence-electron chi connectivity index (χ0n) is 12.9. The SMILES string of the molecule is CC(C)NC(=O)CCN1c2ccccc2Sc2ccccc21. The highest BCUT2D eigenvalue weighted by atomic mass is 32.2. The Morgan fingerprint density at radius 3 is 2.14 bits per heavy atom. The fourth-order valence-corrected chi connectivity index (χ4v) is 3.73. The second-order valence-electron chi connectivity index (χ2n) is 5.66. The van der Waals surface area contributed by atoms with Gasteiger partial charge in [-0.3, -0.25) is 4.79 Å². The molecule has 0 bridgehead atoms. The van der Waals surface area contributed by atoms with Crippen molar-refractivity contribution < 1.29 is 4.79 Å². The molecule has 2 aromatic carbocycles. The van der Waals surface area contributed by atoms with E-state index in [9.17, 15) is 4.79 Å². The number of fused-ring (bicyclic) bond motifs is 2. The number of nitrogens with one attached hydrogen (secondary N) is 1. The summed E-state index contributed by atoms with van der Waals surface area (Å²) >= 11 is 1.79. The summed E-state index contributed by atoms with van der Waals surface area (Å²) in [4.78, 5) is 16.7. The summed E-state index contributed by atoms with van der Waals surface area (Å²) in [5.41, 5.74) is 2.37. The Labute approximate surface area is 135 Å². The molecule has 0 spiro atoms. The van der Waals surface area contributed by atoms with Crippen LogP contribution < -0.4 is 10.2 Å². The summed E-state index contributed by atoms with van der Waals surface area (Å²) in [6.45, 7) is 4.66. The first-order chi connectivity index (χ1) is 10.6. The lowest BCUT2D eigenvalue weighted by Gasteiger charge is -2.32. The van der Waals surface area contributed by atoms with Crippen molar-refractivity contribution in [3.8, 4) is 0 Å². The second-order valence-corrected chi connectivity index (χ2v) is 6.75. The maximum atomic E-state index is 12.0. The zero-order valence-corrected chi connectivity index (χ0v) is 13.7. The fourth-order valence-electron chi connectivity index (χ4n) is 2.63. The first-order valence-corrected chi connectivity index (χ1v) is 8.39. The first kappa shape index (κ1) is 15.0. The minimum Gasteiger partial charge on any atom is -0.354 e. The van der Waals surface area contributed by atoms with Crippen molar-refractivity contribution in [3.05, 3.63) is 48.5 Å².